The van der Waals surface area contributed by atoms with Crippen molar-refractivity contribution in [1.82, 2.24) is 5.32 Å². The third-order valence-corrected chi connectivity index (χ3v) is 0.844. The Bertz CT molecular complexity index is 180. The number of guanidine groups is 1. The fourth-order valence-corrected chi connectivity index (χ4v) is 0.555. The number of nitrogens with one attached hydrogen (secondary N) is 1. The van der Waals surface area contributed by atoms with Crippen LogP contribution in [0.5, 0.6) is 0 Å². The molecule has 3 N–H and O–H groups in total. The minimum atomic E-state index is -0.0534. The number of hydrogen-bond acceptors (Lipinski definition) is 1. The summed E-state index contributed by atoms with van der Waals surface area (Å²) in [5.74, 6) is 2.78. The third kappa shape index (κ3) is 6.72. The van der Waals surface area contributed by atoms with Gasteiger partial charge in [0, 0.05) is 5.54 Å². The van der Waals surface area contributed by atoms with Crippen LogP contribution in [-0.2, 0) is 0 Å². The molecule has 0 fully saturated rings. The minimum Gasteiger partial charge on any atom is -0.370 e. The number of terminal acetylenes is 1. The van der Waals surface area contributed by atoms with Crippen LogP contribution in [-0.4, -0.2) is 18.0 Å². The van der Waals surface area contributed by atoms with Crippen molar-refractivity contribution in [3.8, 4) is 12.3 Å². The van der Waals surface area contributed by atoms with Gasteiger partial charge in [-0.1, -0.05) is 5.92 Å². The second-order valence-corrected chi connectivity index (χ2v) is 3.28. The second kappa shape index (κ2) is 3.87. The van der Waals surface area contributed by atoms with E-state index in [0.717, 1.165) is 0 Å². The van der Waals surface area contributed by atoms with Crippen LogP contribution in [0.3, 0.4) is 0 Å². The molecule has 0 spiro atoms. The van der Waals surface area contributed by atoms with Gasteiger partial charge in [-0.3, -0.25) is 0 Å². The molecule has 0 unspecified atom stereocenters. The summed E-state index contributed by atoms with van der Waals surface area (Å²) in [6.07, 6.45) is 5.00. The molecule has 0 rings (SSSR count). The van der Waals surface area contributed by atoms with Gasteiger partial charge >= 0.3 is 0 Å². The van der Waals surface area contributed by atoms with Crippen LogP contribution < -0.4 is 11.1 Å². The Balaban J connectivity index is 3.88. The molecule has 0 aromatic rings. The standard InChI is InChI=1S/C8H15N3/c1-5-6-10-7(9)11-8(2,3)4/h1H,6H2,2-4H3,(H3,9,10,11). The Morgan fingerprint density at radius 2 is 2.18 bits per heavy atom. The quantitative estimate of drug-likeness (QED) is 0.324. The highest BCUT2D eigenvalue weighted by atomic mass is 15.1. The number of rotatable bonds is 1. The van der Waals surface area contributed by atoms with Gasteiger partial charge in [0.05, 0.1) is 0 Å². The Morgan fingerprint density at radius 1 is 1.64 bits per heavy atom. The van der Waals surface area contributed by atoms with E-state index in [2.05, 4.69) is 16.2 Å². The van der Waals surface area contributed by atoms with Gasteiger partial charge in [-0.05, 0) is 20.8 Å². The number of hydrogen-bond donors (Lipinski definition) is 2. The zero-order chi connectivity index (χ0) is 8.91. The lowest BCUT2D eigenvalue weighted by Gasteiger charge is -2.20. The van der Waals surface area contributed by atoms with Crippen LogP contribution in [0.2, 0.25) is 0 Å². The molecule has 0 saturated carbocycles. The molecular formula is C8H15N3. The highest BCUT2D eigenvalue weighted by molar-refractivity contribution is 5.78. The van der Waals surface area contributed by atoms with Gasteiger partial charge < -0.3 is 11.1 Å². The first kappa shape index (κ1) is 9.83. The molecule has 0 aliphatic rings. The van der Waals surface area contributed by atoms with Crippen LogP contribution >= 0.6 is 0 Å². The number of nitrogens with two attached hydrogens (primary N) is 1. The summed E-state index contributed by atoms with van der Waals surface area (Å²) in [4.78, 5) is 3.88. The molecule has 0 amide bonds. The van der Waals surface area contributed by atoms with Crippen molar-refractivity contribution in [2.75, 3.05) is 6.54 Å². The van der Waals surface area contributed by atoms with Crippen LogP contribution in [0.15, 0.2) is 4.99 Å². The lowest BCUT2D eigenvalue weighted by Crippen LogP contribution is -2.45. The molecule has 3 nitrogen and oxygen atoms in total. The molecule has 11 heavy (non-hydrogen) atoms. The van der Waals surface area contributed by atoms with Gasteiger partial charge in [0.25, 0.3) is 0 Å². The smallest absolute Gasteiger partial charge is 0.189 e. The Hall–Kier alpha value is -1.17. The zero-order valence-corrected chi connectivity index (χ0v) is 7.31. The maximum absolute atomic E-state index is 5.49. The summed E-state index contributed by atoms with van der Waals surface area (Å²) in [5, 5.41) is 2.99. The van der Waals surface area contributed by atoms with Crippen LogP contribution in [0, 0.1) is 12.3 Å². The summed E-state index contributed by atoms with van der Waals surface area (Å²) in [7, 11) is 0. The monoisotopic (exact) mass is 153 g/mol. The van der Waals surface area contributed by atoms with Crippen molar-refractivity contribution in [3.05, 3.63) is 0 Å². The van der Waals surface area contributed by atoms with Crippen LogP contribution in [0.25, 0.3) is 0 Å². The normalized spacial score (nSPS) is 12.4. The van der Waals surface area contributed by atoms with E-state index < -0.39 is 0 Å². The first-order chi connectivity index (χ1) is 4.95. The summed E-state index contributed by atoms with van der Waals surface area (Å²) in [5.41, 5.74) is 5.44. The van der Waals surface area contributed by atoms with Crippen LogP contribution in [0.4, 0.5) is 0 Å². The Morgan fingerprint density at radius 3 is 2.55 bits per heavy atom. The summed E-state index contributed by atoms with van der Waals surface area (Å²) < 4.78 is 0. The molecule has 0 aromatic carbocycles. The summed E-state index contributed by atoms with van der Waals surface area (Å²) >= 11 is 0. The molecule has 62 valence electrons. The van der Waals surface area contributed by atoms with E-state index in [1.165, 1.54) is 0 Å². The van der Waals surface area contributed by atoms with Crippen LogP contribution in [0.1, 0.15) is 20.8 Å². The first-order valence-corrected chi connectivity index (χ1v) is 3.47. The fraction of sp³-hybridized carbons (Fsp3) is 0.625. The van der Waals surface area contributed by atoms with E-state index in [1.54, 1.807) is 0 Å². The summed E-state index contributed by atoms with van der Waals surface area (Å²) in [6, 6.07) is 0. The largest absolute Gasteiger partial charge is 0.370 e. The number of nitrogens with zero attached hydrogens (tertiary/aromatic N) is 1. The molecular weight excluding hydrogens is 138 g/mol. The molecule has 0 bridgehead atoms. The third-order valence-electron chi connectivity index (χ3n) is 0.844. The Kier molecular flexibility index (Phi) is 3.46. The predicted molar refractivity (Wildman–Crippen MR) is 48.2 cm³/mol. The molecule has 0 aromatic heterocycles. The average molecular weight is 153 g/mol. The van der Waals surface area contributed by atoms with Gasteiger partial charge in [0.1, 0.15) is 6.54 Å². The van der Waals surface area contributed by atoms with E-state index >= 15 is 0 Å². The fourth-order valence-electron chi connectivity index (χ4n) is 0.555. The highest BCUT2D eigenvalue weighted by Gasteiger charge is 2.08. The van der Waals surface area contributed by atoms with Crippen molar-refractivity contribution in [2.24, 2.45) is 10.7 Å². The maximum Gasteiger partial charge on any atom is 0.189 e. The van der Waals surface area contributed by atoms with Gasteiger partial charge in [0.15, 0.2) is 5.96 Å². The van der Waals surface area contributed by atoms with E-state index in [9.17, 15) is 0 Å². The lowest BCUT2D eigenvalue weighted by atomic mass is 10.1. The molecule has 0 heterocycles. The SMILES string of the molecule is C#CCN=C(N)NC(C)(C)C. The zero-order valence-electron chi connectivity index (χ0n) is 7.31. The molecule has 0 saturated heterocycles. The molecule has 3 heteroatoms. The topological polar surface area (TPSA) is 50.4 Å². The highest BCUT2D eigenvalue weighted by Crippen LogP contribution is 1.96. The molecule has 0 radical (unpaired) electrons. The van der Waals surface area contributed by atoms with E-state index in [0.29, 0.717) is 12.5 Å². The Labute approximate surface area is 68.1 Å². The van der Waals surface area contributed by atoms with Crippen molar-refractivity contribution >= 4 is 5.96 Å². The van der Waals surface area contributed by atoms with Crippen molar-refractivity contribution < 1.29 is 0 Å². The second-order valence-electron chi connectivity index (χ2n) is 3.28. The van der Waals surface area contributed by atoms with E-state index in [4.69, 9.17) is 12.2 Å². The van der Waals surface area contributed by atoms with Crippen molar-refractivity contribution in [2.45, 2.75) is 26.3 Å². The van der Waals surface area contributed by atoms with Crippen molar-refractivity contribution in [3.63, 3.8) is 0 Å². The minimum absolute atomic E-state index is 0.0534. The first-order valence-electron chi connectivity index (χ1n) is 3.47. The van der Waals surface area contributed by atoms with E-state index in [1.807, 2.05) is 20.8 Å². The number of aliphatic imine (C=N–C) groups is 1. The van der Waals surface area contributed by atoms with Gasteiger partial charge in [-0.2, -0.15) is 0 Å². The molecule has 0 aliphatic heterocycles. The summed E-state index contributed by atoms with van der Waals surface area (Å²) in [6.45, 7) is 6.34. The maximum atomic E-state index is 5.49. The van der Waals surface area contributed by atoms with Gasteiger partial charge in [0.2, 0.25) is 0 Å². The molecule has 0 aliphatic carbocycles. The van der Waals surface area contributed by atoms with E-state index in [-0.39, 0.29) is 5.54 Å². The predicted octanol–water partition coefficient (Wildman–Crippen LogP) is 0.322. The lowest BCUT2D eigenvalue weighted by molar-refractivity contribution is 0.509. The molecule has 0 atom stereocenters. The van der Waals surface area contributed by atoms with Gasteiger partial charge in [-0.25, -0.2) is 4.99 Å². The van der Waals surface area contributed by atoms with Crippen molar-refractivity contribution in [1.29, 1.82) is 0 Å². The van der Waals surface area contributed by atoms with Gasteiger partial charge in [-0.15, -0.1) is 6.42 Å². The average Bonchev–Trinajstić information content (AvgIpc) is 1.79.